The molecule has 0 spiro atoms. The molecule has 4 rings (SSSR count). The van der Waals surface area contributed by atoms with E-state index in [1.807, 2.05) is 25.1 Å². The average molecular weight is 415 g/mol. The second-order valence-corrected chi connectivity index (χ2v) is 9.13. The van der Waals surface area contributed by atoms with E-state index in [0.29, 0.717) is 22.2 Å². The highest BCUT2D eigenvalue weighted by molar-refractivity contribution is 6.68. The lowest BCUT2D eigenvalue weighted by Crippen LogP contribution is -2.56. The van der Waals surface area contributed by atoms with Crippen LogP contribution in [-0.4, -0.2) is 44.9 Å². The molecular formula is C27H22B5N. The molecule has 0 saturated heterocycles. The predicted molar refractivity (Wildman–Crippen MR) is 148 cm³/mol. The molecule has 150 valence electrons. The lowest BCUT2D eigenvalue weighted by Gasteiger charge is -2.31. The summed E-state index contributed by atoms with van der Waals surface area (Å²) in [6.07, 6.45) is 5.64. The molecule has 1 nitrogen and oxygen atoms in total. The van der Waals surface area contributed by atoms with Gasteiger partial charge in [0.25, 0.3) is 0 Å². The molecule has 10 radical (unpaired) electrons. The highest BCUT2D eigenvalue weighted by Crippen LogP contribution is 2.40. The van der Waals surface area contributed by atoms with Gasteiger partial charge < -0.3 is 5.41 Å². The van der Waals surface area contributed by atoms with Crippen LogP contribution in [0.4, 0.5) is 0 Å². The Kier molecular flexibility index (Phi) is 6.16. The Labute approximate surface area is 203 Å². The summed E-state index contributed by atoms with van der Waals surface area (Å²) in [5.74, 6) is 0. The summed E-state index contributed by atoms with van der Waals surface area (Å²) in [7, 11) is 31.2. The van der Waals surface area contributed by atoms with Gasteiger partial charge in [0.2, 0.25) is 0 Å². The van der Waals surface area contributed by atoms with E-state index in [4.69, 9.17) is 44.6 Å². The van der Waals surface area contributed by atoms with E-state index in [-0.39, 0.29) is 21.8 Å². The number of hydrogen-bond donors (Lipinski definition) is 1. The third-order valence-electron chi connectivity index (χ3n) is 7.14. The van der Waals surface area contributed by atoms with Crippen LogP contribution < -0.4 is 27.3 Å². The van der Waals surface area contributed by atoms with Gasteiger partial charge in [0.05, 0.1) is 5.71 Å². The standard InChI is InChI=1S/C27H22B5N/c1-4-27(3)12-11-16(21-22(28)24(30)26(32)25(31)23(21)29)14(2)13-19(33)20-17-8-6-5-7-15(17)9-10-18(20)27/h5-11,13,33H,4,12H2,1-3H3/t27-/m0/s1. The van der Waals surface area contributed by atoms with E-state index >= 15 is 0 Å². The van der Waals surface area contributed by atoms with Crippen LogP contribution in [0.25, 0.3) is 16.3 Å². The molecule has 1 atom stereocenters. The third-order valence-corrected chi connectivity index (χ3v) is 7.14. The Morgan fingerprint density at radius 2 is 1.45 bits per heavy atom. The minimum Gasteiger partial charge on any atom is -0.300 e. The first kappa shape index (κ1) is 23.5. The van der Waals surface area contributed by atoms with Crippen molar-refractivity contribution in [2.24, 2.45) is 0 Å². The van der Waals surface area contributed by atoms with Gasteiger partial charge in [-0.1, -0.05) is 67.2 Å². The summed E-state index contributed by atoms with van der Waals surface area (Å²) < 4.78 is 0. The van der Waals surface area contributed by atoms with Crippen LogP contribution >= 0.6 is 0 Å². The van der Waals surface area contributed by atoms with Crippen LogP contribution in [-0.2, 0) is 5.41 Å². The number of hydrogen-bond acceptors (Lipinski definition) is 1. The van der Waals surface area contributed by atoms with E-state index < -0.39 is 0 Å². The Balaban J connectivity index is 2.04. The van der Waals surface area contributed by atoms with Crippen molar-refractivity contribution in [3.63, 3.8) is 0 Å². The topological polar surface area (TPSA) is 23.9 Å². The van der Waals surface area contributed by atoms with Gasteiger partial charge in [0, 0.05) is 5.56 Å². The molecule has 1 aliphatic carbocycles. The summed E-state index contributed by atoms with van der Waals surface area (Å²) in [6.45, 7) is 6.37. The molecule has 3 aromatic rings. The highest BCUT2D eigenvalue weighted by Gasteiger charge is 2.30. The molecule has 3 aromatic carbocycles. The Bertz CT molecular complexity index is 1340. The molecule has 1 aliphatic rings. The van der Waals surface area contributed by atoms with Crippen LogP contribution in [0.5, 0.6) is 0 Å². The first-order chi connectivity index (χ1) is 15.6. The molecule has 0 amide bonds. The van der Waals surface area contributed by atoms with Crippen molar-refractivity contribution in [3.05, 3.63) is 70.8 Å². The largest absolute Gasteiger partial charge is 0.300 e. The fraction of sp³-hybridized carbons (Fsp3) is 0.222. The van der Waals surface area contributed by atoms with Gasteiger partial charge in [-0.15, -0.1) is 16.4 Å². The van der Waals surface area contributed by atoms with E-state index in [0.717, 1.165) is 45.9 Å². The molecule has 1 N–H and O–H groups in total. The summed E-state index contributed by atoms with van der Waals surface area (Å²) in [5, 5.41) is 11.3. The summed E-state index contributed by atoms with van der Waals surface area (Å²) in [6, 6.07) is 12.5. The molecule has 0 heterocycles. The number of fused-ring (bicyclic) bond motifs is 3. The van der Waals surface area contributed by atoms with Crippen molar-refractivity contribution in [2.75, 3.05) is 0 Å². The van der Waals surface area contributed by atoms with Crippen LogP contribution in [0.1, 0.15) is 50.3 Å². The number of benzene rings is 3. The van der Waals surface area contributed by atoms with Crippen LogP contribution in [0.2, 0.25) is 0 Å². The molecule has 0 bridgehead atoms. The fourth-order valence-electron chi connectivity index (χ4n) is 4.80. The smallest absolute Gasteiger partial charge is 0.113 e. The molecule has 0 saturated carbocycles. The Morgan fingerprint density at radius 3 is 2.09 bits per heavy atom. The fourth-order valence-corrected chi connectivity index (χ4v) is 4.80. The second-order valence-electron chi connectivity index (χ2n) is 9.13. The molecule has 0 fully saturated rings. The molecule has 0 aromatic heterocycles. The minimum atomic E-state index is -0.205. The van der Waals surface area contributed by atoms with Gasteiger partial charge in [-0.05, 0) is 64.3 Å². The van der Waals surface area contributed by atoms with Crippen molar-refractivity contribution in [1.29, 1.82) is 5.41 Å². The van der Waals surface area contributed by atoms with Gasteiger partial charge in [-0.2, -0.15) is 0 Å². The summed E-state index contributed by atoms with van der Waals surface area (Å²) in [5.41, 5.74) is 5.90. The zero-order valence-corrected chi connectivity index (χ0v) is 19.4. The maximum absolute atomic E-state index is 9.11. The monoisotopic (exact) mass is 415 g/mol. The molecule has 33 heavy (non-hydrogen) atoms. The minimum absolute atomic E-state index is 0.198. The van der Waals surface area contributed by atoms with E-state index in [1.165, 1.54) is 0 Å². The van der Waals surface area contributed by atoms with Crippen LogP contribution in [0, 0.1) is 5.41 Å². The lowest BCUT2D eigenvalue weighted by molar-refractivity contribution is 0.461. The molecule has 0 aliphatic heterocycles. The van der Waals surface area contributed by atoms with E-state index in [9.17, 15) is 0 Å². The van der Waals surface area contributed by atoms with Gasteiger partial charge in [0.1, 0.15) is 39.2 Å². The van der Waals surface area contributed by atoms with Gasteiger partial charge >= 0.3 is 0 Å². The molecule has 6 heteroatoms. The number of nitrogens with one attached hydrogen (secondary N) is 1. The van der Waals surface area contributed by atoms with Crippen molar-refractivity contribution in [1.82, 2.24) is 0 Å². The van der Waals surface area contributed by atoms with Gasteiger partial charge in [-0.3, -0.25) is 0 Å². The van der Waals surface area contributed by atoms with Crippen molar-refractivity contribution >= 4 is 88.6 Å². The maximum atomic E-state index is 9.11. The molecule has 0 unspecified atom stereocenters. The van der Waals surface area contributed by atoms with Crippen LogP contribution in [0.15, 0.2) is 54.1 Å². The van der Waals surface area contributed by atoms with Gasteiger partial charge in [0.15, 0.2) is 0 Å². The first-order valence-electron chi connectivity index (χ1n) is 11.1. The van der Waals surface area contributed by atoms with Crippen molar-refractivity contribution in [2.45, 2.75) is 39.0 Å². The maximum Gasteiger partial charge on any atom is 0.113 e. The molecular weight excluding hydrogens is 392 g/mol. The SMILES string of the molecule is [B]c1c([B])c([B])c(C2=CC[C@](C)(CC)c3ccc4ccccc4c3C(=N)C=C2C)c([B])c1[B]. The second kappa shape index (κ2) is 8.63. The average Bonchev–Trinajstić information content (AvgIpc) is 2.85. The van der Waals surface area contributed by atoms with E-state index in [1.54, 1.807) is 0 Å². The number of rotatable bonds is 2. The normalized spacial score (nSPS) is 18.7. The van der Waals surface area contributed by atoms with E-state index in [2.05, 4.69) is 44.2 Å². The summed E-state index contributed by atoms with van der Waals surface area (Å²) in [4.78, 5) is 0. The number of allylic oxidation sites excluding steroid dienone is 4. The zero-order chi connectivity index (χ0) is 24.1. The van der Waals surface area contributed by atoms with Crippen LogP contribution in [0.3, 0.4) is 0 Å². The Morgan fingerprint density at radius 1 is 0.848 bits per heavy atom. The summed E-state index contributed by atoms with van der Waals surface area (Å²) >= 11 is 0. The van der Waals surface area contributed by atoms with Gasteiger partial charge in [-0.25, -0.2) is 0 Å². The van der Waals surface area contributed by atoms with Crippen molar-refractivity contribution < 1.29 is 0 Å². The quantitative estimate of drug-likeness (QED) is 0.611. The Hall–Kier alpha value is -2.61. The zero-order valence-electron chi connectivity index (χ0n) is 19.4. The lowest BCUT2D eigenvalue weighted by atomic mass is 9.59. The highest BCUT2D eigenvalue weighted by atomic mass is 14.4. The predicted octanol–water partition coefficient (Wildman–Crippen LogP) is 1.28. The third kappa shape index (κ3) is 3.78. The first-order valence-corrected chi connectivity index (χ1v) is 11.1. The van der Waals surface area contributed by atoms with Crippen molar-refractivity contribution in [3.8, 4) is 0 Å².